The first kappa shape index (κ1) is 19.6. The summed E-state index contributed by atoms with van der Waals surface area (Å²) in [4.78, 5) is 12.1. The number of aliphatic hydroxyl groups is 1. The van der Waals surface area contributed by atoms with Crippen LogP contribution in [0.25, 0.3) is 0 Å². The Morgan fingerprint density at radius 1 is 1.17 bits per heavy atom. The summed E-state index contributed by atoms with van der Waals surface area (Å²) >= 11 is 0. The molecule has 0 saturated heterocycles. The first-order valence-electron chi connectivity index (χ1n) is 7.95. The van der Waals surface area contributed by atoms with Gasteiger partial charge in [0.15, 0.2) is 0 Å². The number of carbonyl (C=O) groups excluding carboxylic acids is 1. The molecule has 0 aliphatic carbocycles. The summed E-state index contributed by atoms with van der Waals surface area (Å²) in [5.41, 5.74) is 1.68. The largest absolute Gasteiger partial charge is 0.396 e. The number of rotatable bonds is 8. The van der Waals surface area contributed by atoms with Crippen molar-refractivity contribution in [2.24, 2.45) is 0 Å². The molecule has 3 N–H and O–H groups in total. The summed E-state index contributed by atoms with van der Waals surface area (Å²) in [6, 6.07) is 7.90. The van der Waals surface area contributed by atoms with Crippen LogP contribution < -0.4 is 10.6 Å². The molecule has 0 saturated carbocycles. The lowest BCUT2D eigenvalue weighted by Crippen LogP contribution is -2.49. The SMILES string of the molecule is COCC(C)(CCO)NCC(=O)Nc1ccc(C(C)(C)C)cc1. The van der Waals surface area contributed by atoms with Crippen LogP contribution in [0.1, 0.15) is 39.7 Å². The van der Waals surface area contributed by atoms with Crippen LogP contribution >= 0.6 is 0 Å². The second kappa shape index (κ2) is 8.43. The molecule has 1 aromatic carbocycles. The van der Waals surface area contributed by atoms with Crippen molar-refractivity contribution < 1.29 is 14.6 Å². The molecule has 5 nitrogen and oxygen atoms in total. The Morgan fingerprint density at radius 3 is 2.26 bits per heavy atom. The molecule has 0 heterocycles. The Kier molecular flexibility index (Phi) is 7.19. The monoisotopic (exact) mass is 322 g/mol. The highest BCUT2D eigenvalue weighted by Crippen LogP contribution is 2.23. The van der Waals surface area contributed by atoms with E-state index in [1.54, 1.807) is 7.11 Å². The normalized spacial score (nSPS) is 14.3. The summed E-state index contributed by atoms with van der Waals surface area (Å²) in [7, 11) is 1.61. The number of hydrogen-bond acceptors (Lipinski definition) is 4. The fourth-order valence-electron chi connectivity index (χ4n) is 2.33. The van der Waals surface area contributed by atoms with Crippen LogP contribution in [-0.4, -0.2) is 43.4 Å². The van der Waals surface area contributed by atoms with Crippen molar-refractivity contribution in [1.29, 1.82) is 0 Å². The van der Waals surface area contributed by atoms with Gasteiger partial charge in [0.2, 0.25) is 5.91 Å². The van der Waals surface area contributed by atoms with E-state index in [1.807, 2.05) is 31.2 Å². The molecule has 0 aliphatic heterocycles. The van der Waals surface area contributed by atoms with E-state index in [1.165, 1.54) is 5.56 Å². The van der Waals surface area contributed by atoms with Crippen LogP contribution in [0.15, 0.2) is 24.3 Å². The first-order valence-corrected chi connectivity index (χ1v) is 7.95. The lowest BCUT2D eigenvalue weighted by atomic mass is 9.87. The lowest BCUT2D eigenvalue weighted by Gasteiger charge is -2.29. The number of benzene rings is 1. The van der Waals surface area contributed by atoms with Crippen molar-refractivity contribution in [1.82, 2.24) is 5.32 Å². The minimum Gasteiger partial charge on any atom is -0.396 e. The molecule has 23 heavy (non-hydrogen) atoms. The number of aliphatic hydroxyl groups excluding tert-OH is 1. The standard InChI is InChI=1S/C18H30N2O3/c1-17(2,3)14-6-8-15(9-7-14)20-16(22)12-19-18(4,10-11-21)13-23-5/h6-9,19,21H,10-13H2,1-5H3,(H,20,22). The third kappa shape index (κ3) is 6.69. The molecule has 0 radical (unpaired) electrons. The summed E-state index contributed by atoms with van der Waals surface area (Å²) in [6.45, 7) is 9.04. The van der Waals surface area contributed by atoms with Gasteiger partial charge in [-0.05, 0) is 36.5 Å². The maximum absolute atomic E-state index is 12.1. The Balaban J connectivity index is 2.56. The summed E-state index contributed by atoms with van der Waals surface area (Å²) < 4.78 is 5.15. The number of anilines is 1. The fraction of sp³-hybridized carbons (Fsp3) is 0.611. The first-order chi connectivity index (χ1) is 10.7. The highest BCUT2D eigenvalue weighted by Gasteiger charge is 2.24. The van der Waals surface area contributed by atoms with Gasteiger partial charge >= 0.3 is 0 Å². The third-order valence-electron chi connectivity index (χ3n) is 3.84. The Bertz CT molecular complexity index is 486. The fourth-order valence-corrected chi connectivity index (χ4v) is 2.33. The van der Waals surface area contributed by atoms with Gasteiger partial charge in [-0.25, -0.2) is 0 Å². The maximum Gasteiger partial charge on any atom is 0.238 e. The number of amides is 1. The van der Waals surface area contributed by atoms with Crippen molar-refractivity contribution in [2.45, 2.75) is 45.1 Å². The number of hydrogen-bond donors (Lipinski definition) is 3. The van der Waals surface area contributed by atoms with Gasteiger partial charge < -0.3 is 20.5 Å². The van der Waals surface area contributed by atoms with Crippen molar-refractivity contribution in [3.63, 3.8) is 0 Å². The molecular weight excluding hydrogens is 292 g/mol. The lowest BCUT2D eigenvalue weighted by molar-refractivity contribution is -0.115. The number of methoxy groups -OCH3 is 1. The van der Waals surface area contributed by atoms with Gasteiger partial charge in [-0.1, -0.05) is 32.9 Å². The van der Waals surface area contributed by atoms with E-state index in [9.17, 15) is 4.79 Å². The third-order valence-corrected chi connectivity index (χ3v) is 3.84. The minimum absolute atomic E-state index is 0.0444. The van der Waals surface area contributed by atoms with Gasteiger partial charge in [-0.15, -0.1) is 0 Å². The van der Waals surface area contributed by atoms with Gasteiger partial charge in [0.1, 0.15) is 0 Å². The van der Waals surface area contributed by atoms with E-state index in [0.29, 0.717) is 13.0 Å². The zero-order chi connectivity index (χ0) is 17.5. The Labute approximate surface area is 139 Å². The number of nitrogens with one attached hydrogen (secondary N) is 2. The van der Waals surface area contributed by atoms with E-state index in [4.69, 9.17) is 9.84 Å². The topological polar surface area (TPSA) is 70.6 Å². The molecule has 0 aliphatic rings. The van der Waals surface area contributed by atoms with E-state index < -0.39 is 5.54 Å². The van der Waals surface area contributed by atoms with Gasteiger partial charge in [0.05, 0.1) is 13.2 Å². The minimum atomic E-state index is -0.420. The van der Waals surface area contributed by atoms with E-state index in [0.717, 1.165) is 5.69 Å². The van der Waals surface area contributed by atoms with Gasteiger partial charge in [-0.2, -0.15) is 0 Å². The highest BCUT2D eigenvalue weighted by molar-refractivity contribution is 5.92. The predicted octanol–water partition coefficient (Wildman–Crippen LogP) is 2.30. The van der Waals surface area contributed by atoms with Gasteiger partial charge in [-0.3, -0.25) is 4.79 Å². The molecule has 1 amide bonds. The quantitative estimate of drug-likeness (QED) is 0.687. The maximum atomic E-state index is 12.1. The van der Waals surface area contributed by atoms with E-state index >= 15 is 0 Å². The van der Waals surface area contributed by atoms with Crippen LogP contribution in [0.2, 0.25) is 0 Å². The van der Waals surface area contributed by atoms with Gasteiger partial charge in [0.25, 0.3) is 0 Å². The summed E-state index contributed by atoms with van der Waals surface area (Å²) in [5, 5.41) is 15.2. The molecule has 0 aromatic heterocycles. The summed E-state index contributed by atoms with van der Waals surface area (Å²) in [6.07, 6.45) is 0.522. The molecule has 1 rings (SSSR count). The molecule has 0 fully saturated rings. The van der Waals surface area contributed by atoms with Crippen LogP contribution in [-0.2, 0) is 14.9 Å². The zero-order valence-electron chi connectivity index (χ0n) is 14.9. The second-order valence-corrected chi connectivity index (χ2v) is 7.20. The van der Waals surface area contributed by atoms with Crippen molar-refractivity contribution in [3.8, 4) is 0 Å². The van der Waals surface area contributed by atoms with Crippen LogP contribution in [0.3, 0.4) is 0 Å². The second-order valence-electron chi connectivity index (χ2n) is 7.20. The number of ether oxygens (including phenoxy) is 1. The smallest absolute Gasteiger partial charge is 0.238 e. The van der Waals surface area contributed by atoms with Crippen molar-refractivity contribution in [2.75, 3.05) is 32.2 Å². The molecule has 0 bridgehead atoms. The van der Waals surface area contributed by atoms with Gasteiger partial charge in [0, 0.05) is 24.9 Å². The van der Waals surface area contributed by atoms with Crippen LogP contribution in [0.5, 0.6) is 0 Å². The zero-order valence-corrected chi connectivity index (χ0v) is 14.9. The van der Waals surface area contributed by atoms with Crippen LogP contribution in [0, 0.1) is 0 Å². The highest BCUT2D eigenvalue weighted by atomic mass is 16.5. The molecule has 1 unspecified atom stereocenters. The summed E-state index contributed by atoms with van der Waals surface area (Å²) in [5.74, 6) is -0.117. The predicted molar refractivity (Wildman–Crippen MR) is 93.8 cm³/mol. The number of carbonyl (C=O) groups is 1. The molecule has 5 heteroatoms. The Hall–Kier alpha value is -1.43. The molecule has 130 valence electrons. The molecule has 1 atom stereocenters. The van der Waals surface area contributed by atoms with Crippen molar-refractivity contribution in [3.05, 3.63) is 29.8 Å². The average molecular weight is 322 g/mol. The molecular formula is C18H30N2O3. The molecule has 0 spiro atoms. The van der Waals surface area contributed by atoms with Crippen LogP contribution in [0.4, 0.5) is 5.69 Å². The Morgan fingerprint density at radius 2 is 1.78 bits per heavy atom. The van der Waals surface area contributed by atoms with E-state index in [-0.39, 0.29) is 24.5 Å². The van der Waals surface area contributed by atoms with Crippen molar-refractivity contribution >= 4 is 11.6 Å². The molecule has 1 aromatic rings. The average Bonchev–Trinajstić information content (AvgIpc) is 2.45. The van der Waals surface area contributed by atoms with E-state index in [2.05, 4.69) is 31.4 Å².